The van der Waals surface area contributed by atoms with E-state index in [-0.39, 0.29) is 18.6 Å². The summed E-state index contributed by atoms with van der Waals surface area (Å²) >= 11 is 0. The number of carboxylic acids is 1. The number of pyridine rings is 1. The largest absolute Gasteiger partial charge is 0.481 e. The lowest BCUT2D eigenvalue weighted by Crippen LogP contribution is -2.51. The molecule has 1 unspecified atom stereocenters. The van der Waals surface area contributed by atoms with Crippen LogP contribution >= 0.6 is 0 Å². The summed E-state index contributed by atoms with van der Waals surface area (Å²) < 4.78 is 10.1. The van der Waals surface area contributed by atoms with Crippen molar-refractivity contribution in [2.45, 2.75) is 18.9 Å². The van der Waals surface area contributed by atoms with Crippen LogP contribution in [-0.2, 0) is 9.53 Å². The smallest absolute Gasteiger partial charge is 0.305 e. The fourth-order valence-corrected chi connectivity index (χ4v) is 2.35. The zero-order valence-electron chi connectivity index (χ0n) is 13.3. The lowest BCUT2D eigenvalue weighted by molar-refractivity contribution is -0.139. The molecule has 128 valence electrons. The SMILES string of the molecule is COCC(C)(CC(=O)O)NC(=O)c1ccc(-c2ccco2)[nH]c1=O. The first-order valence-corrected chi connectivity index (χ1v) is 7.15. The summed E-state index contributed by atoms with van der Waals surface area (Å²) in [5.74, 6) is -1.30. The van der Waals surface area contributed by atoms with Crippen LogP contribution in [0.2, 0.25) is 0 Å². The van der Waals surface area contributed by atoms with Gasteiger partial charge in [0, 0.05) is 7.11 Å². The number of methoxy groups -OCH3 is 1. The van der Waals surface area contributed by atoms with Crippen LogP contribution in [0.15, 0.2) is 39.7 Å². The van der Waals surface area contributed by atoms with Gasteiger partial charge < -0.3 is 24.6 Å². The lowest BCUT2D eigenvalue weighted by Gasteiger charge is -2.28. The molecule has 0 aromatic carbocycles. The molecule has 0 aliphatic rings. The molecule has 2 rings (SSSR count). The van der Waals surface area contributed by atoms with E-state index in [1.54, 1.807) is 18.2 Å². The number of H-pyrrole nitrogens is 1. The minimum absolute atomic E-state index is 0.00652. The fraction of sp³-hybridized carbons (Fsp3) is 0.312. The number of hydrogen-bond acceptors (Lipinski definition) is 5. The first-order chi connectivity index (χ1) is 11.3. The van der Waals surface area contributed by atoms with Gasteiger partial charge in [0.05, 0.1) is 30.5 Å². The monoisotopic (exact) mass is 334 g/mol. The van der Waals surface area contributed by atoms with E-state index in [9.17, 15) is 14.4 Å². The number of ether oxygens (including phenoxy) is 1. The summed E-state index contributed by atoms with van der Waals surface area (Å²) in [6, 6.07) is 6.25. The van der Waals surface area contributed by atoms with Crippen LogP contribution in [0.1, 0.15) is 23.7 Å². The molecule has 0 bridgehead atoms. The maximum absolute atomic E-state index is 12.3. The molecule has 0 fully saturated rings. The Hall–Kier alpha value is -2.87. The Morgan fingerprint density at radius 3 is 2.67 bits per heavy atom. The van der Waals surface area contributed by atoms with E-state index < -0.39 is 23.0 Å². The standard InChI is InChI=1S/C16H18N2O6/c1-16(9-23-2,8-13(19)20)18-15(22)10-5-6-11(17-14(10)21)12-4-3-7-24-12/h3-7H,8-9H2,1-2H3,(H,17,21)(H,18,22)(H,19,20). The van der Waals surface area contributed by atoms with Crippen molar-refractivity contribution in [2.75, 3.05) is 13.7 Å². The Kier molecular flexibility index (Phi) is 5.20. The van der Waals surface area contributed by atoms with Crippen molar-refractivity contribution in [3.8, 4) is 11.5 Å². The zero-order chi connectivity index (χ0) is 17.7. The molecule has 2 heterocycles. The Labute approximate surface area is 137 Å². The number of carbonyl (C=O) groups is 2. The molecule has 0 radical (unpaired) electrons. The normalized spacial score (nSPS) is 13.2. The second-order valence-electron chi connectivity index (χ2n) is 5.61. The number of aliphatic carboxylic acids is 1. The van der Waals surface area contributed by atoms with Gasteiger partial charge in [0.15, 0.2) is 0 Å². The number of hydrogen-bond donors (Lipinski definition) is 3. The summed E-state index contributed by atoms with van der Waals surface area (Å²) in [5, 5.41) is 11.5. The van der Waals surface area contributed by atoms with Gasteiger partial charge in [-0.3, -0.25) is 14.4 Å². The third-order valence-corrected chi connectivity index (χ3v) is 3.36. The van der Waals surface area contributed by atoms with Crippen molar-refractivity contribution >= 4 is 11.9 Å². The van der Waals surface area contributed by atoms with Crippen molar-refractivity contribution in [2.24, 2.45) is 0 Å². The highest BCUT2D eigenvalue weighted by molar-refractivity contribution is 5.94. The number of furan rings is 1. The Morgan fingerprint density at radius 1 is 1.38 bits per heavy atom. The number of rotatable bonds is 7. The van der Waals surface area contributed by atoms with E-state index in [1.165, 1.54) is 26.4 Å². The number of aromatic nitrogens is 1. The van der Waals surface area contributed by atoms with Crippen LogP contribution < -0.4 is 10.9 Å². The van der Waals surface area contributed by atoms with Crippen molar-refractivity contribution < 1.29 is 23.8 Å². The minimum atomic E-state index is -1.14. The molecule has 0 spiro atoms. The highest BCUT2D eigenvalue weighted by Crippen LogP contribution is 2.16. The molecule has 2 aromatic rings. The molecule has 0 aliphatic carbocycles. The Morgan fingerprint density at radius 2 is 2.12 bits per heavy atom. The van der Waals surface area contributed by atoms with Gasteiger partial charge in [-0.25, -0.2) is 0 Å². The van der Waals surface area contributed by atoms with Crippen molar-refractivity contribution in [1.82, 2.24) is 10.3 Å². The summed E-state index contributed by atoms with van der Waals surface area (Å²) in [6.45, 7) is 1.53. The van der Waals surface area contributed by atoms with Crippen LogP contribution in [0.3, 0.4) is 0 Å². The molecule has 1 atom stereocenters. The zero-order valence-corrected chi connectivity index (χ0v) is 13.3. The van der Waals surface area contributed by atoms with Crippen molar-refractivity contribution in [1.29, 1.82) is 0 Å². The van der Waals surface area contributed by atoms with Gasteiger partial charge >= 0.3 is 5.97 Å². The van der Waals surface area contributed by atoms with E-state index in [1.807, 2.05) is 0 Å². The van der Waals surface area contributed by atoms with E-state index in [4.69, 9.17) is 14.3 Å². The predicted molar refractivity (Wildman–Crippen MR) is 84.8 cm³/mol. The quantitative estimate of drug-likeness (QED) is 0.700. The van der Waals surface area contributed by atoms with Gasteiger partial charge in [0.25, 0.3) is 11.5 Å². The van der Waals surface area contributed by atoms with Crippen LogP contribution in [-0.4, -0.2) is 41.2 Å². The Balaban J connectivity index is 2.23. The highest BCUT2D eigenvalue weighted by Gasteiger charge is 2.30. The van der Waals surface area contributed by atoms with Crippen LogP contribution in [0, 0.1) is 0 Å². The maximum Gasteiger partial charge on any atom is 0.305 e. The first-order valence-electron chi connectivity index (χ1n) is 7.15. The molecule has 0 saturated heterocycles. The maximum atomic E-state index is 12.3. The molecule has 0 aliphatic heterocycles. The van der Waals surface area contributed by atoms with Gasteiger partial charge in [-0.1, -0.05) is 0 Å². The third kappa shape index (κ3) is 4.11. The Bertz CT molecular complexity index is 780. The topological polar surface area (TPSA) is 122 Å². The molecule has 3 N–H and O–H groups in total. The minimum Gasteiger partial charge on any atom is -0.481 e. The van der Waals surface area contributed by atoms with Crippen molar-refractivity contribution in [3.05, 3.63) is 46.4 Å². The number of nitrogens with one attached hydrogen (secondary N) is 2. The van der Waals surface area contributed by atoms with Crippen LogP contribution in [0.25, 0.3) is 11.5 Å². The molecule has 8 heteroatoms. The fourth-order valence-electron chi connectivity index (χ4n) is 2.35. The van der Waals surface area contributed by atoms with E-state index in [0.29, 0.717) is 11.5 Å². The molecule has 2 aromatic heterocycles. The number of carboxylic acid groups (broad SMARTS) is 1. The summed E-state index contributed by atoms with van der Waals surface area (Å²) in [7, 11) is 1.40. The van der Waals surface area contributed by atoms with E-state index >= 15 is 0 Å². The number of amides is 1. The molecule has 0 saturated carbocycles. The molecule has 24 heavy (non-hydrogen) atoms. The highest BCUT2D eigenvalue weighted by atomic mass is 16.5. The lowest BCUT2D eigenvalue weighted by atomic mass is 9.98. The molecule has 1 amide bonds. The van der Waals surface area contributed by atoms with E-state index in [2.05, 4.69) is 10.3 Å². The average Bonchev–Trinajstić information content (AvgIpc) is 2.99. The predicted octanol–water partition coefficient (Wildman–Crippen LogP) is 1.24. The van der Waals surface area contributed by atoms with Crippen LogP contribution in [0.5, 0.6) is 0 Å². The third-order valence-electron chi connectivity index (χ3n) is 3.36. The molecular formula is C16H18N2O6. The van der Waals surface area contributed by atoms with E-state index in [0.717, 1.165) is 0 Å². The van der Waals surface area contributed by atoms with Gasteiger partial charge in [-0.2, -0.15) is 0 Å². The second-order valence-corrected chi connectivity index (χ2v) is 5.61. The molecular weight excluding hydrogens is 316 g/mol. The number of aromatic amines is 1. The first kappa shape index (κ1) is 17.5. The number of carbonyl (C=O) groups excluding carboxylic acids is 1. The van der Waals surface area contributed by atoms with Crippen molar-refractivity contribution in [3.63, 3.8) is 0 Å². The van der Waals surface area contributed by atoms with Gasteiger partial charge in [-0.05, 0) is 31.2 Å². The second kappa shape index (κ2) is 7.14. The summed E-state index contributed by atoms with van der Waals surface area (Å²) in [6.07, 6.45) is 1.13. The van der Waals surface area contributed by atoms with Gasteiger partial charge in [0.1, 0.15) is 11.3 Å². The summed E-state index contributed by atoms with van der Waals surface area (Å²) in [4.78, 5) is 38.0. The molecule has 8 nitrogen and oxygen atoms in total. The van der Waals surface area contributed by atoms with Gasteiger partial charge in [0.2, 0.25) is 0 Å². The van der Waals surface area contributed by atoms with Crippen LogP contribution in [0.4, 0.5) is 0 Å². The summed E-state index contributed by atoms with van der Waals surface area (Å²) in [5.41, 5.74) is -1.43. The average molecular weight is 334 g/mol. The van der Waals surface area contributed by atoms with Gasteiger partial charge in [-0.15, -0.1) is 0 Å².